The highest BCUT2D eigenvalue weighted by Gasteiger charge is 2.41. The lowest BCUT2D eigenvalue weighted by molar-refractivity contribution is 0.0105. The van der Waals surface area contributed by atoms with Crippen molar-refractivity contribution >= 4 is 17.7 Å². The molecule has 1 unspecified atom stereocenters. The second kappa shape index (κ2) is 9.70. The van der Waals surface area contributed by atoms with E-state index in [2.05, 4.69) is 11.0 Å². The number of benzene rings is 2. The first kappa shape index (κ1) is 23.1. The quantitative estimate of drug-likeness (QED) is 0.566. The minimum absolute atomic E-state index is 0.192. The summed E-state index contributed by atoms with van der Waals surface area (Å²) in [5.41, 5.74) is 0.916. The van der Waals surface area contributed by atoms with Crippen LogP contribution in [0.5, 0.6) is 23.0 Å². The summed E-state index contributed by atoms with van der Waals surface area (Å²) in [5.74, 6) is 2.33. The average molecular weight is 448 g/mol. The van der Waals surface area contributed by atoms with E-state index in [0.29, 0.717) is 11.5 Å². The molecule has 8 heteroatoms. The Hall–Kier alpha value is -2.58. The van der Waals surface area contributed by atoms with Crippen LogP contribution in [0.1, 0.15) is 22.3 Å². The van der Waals surface area contributed by atoms with Crippen molar-refractivity contribution in [2.45, 2.75) is 16.9 Å². The standard InChI is InChI=1S/C23H29NO6S/c1-24(2)23(11-12-31-19-10-7-15(26-3)13-17(19)23)14-30-22(25)16-8-9-18(27-4)21(29-6)20(16)28-5/h7-10,13H,11-12,14H2,1-6H3. The lowest BCUT2D eigenvalue weighted by Crippen LogP contribution is -2.48. The number of fused-ring (bicyclic) bond motifs is 1. The predicted molar refractivity (Wildman–Crippen MR) is 120 cm³/mol. The Morgan fingerprint density at radius 3 is 2.35 bits per heavy atom. The first-order valence-electron chi connectivity index (χ1n) is 9.86. The maximum absolute atomic E-state index is 13.1. The molecule has 3 rings (SSSR count). The van der Waals surface area contributed by atoms with E-state index in [1.54, 1.807) is 31.0 Å². The number of ether oxygens (including phenoxy) is 5. The van der Waals surface area contributed by atoms with Gasteiger partial charge in [-0.3, -0.25) is 4.90 Å². The summed E-state index contributed by atoms with van der Waals surface area (Å²) in [5, 5.41) is 0. The molecule has 1 aliphatic heterocycles. The Morgan fingerprint density at radius 2 is 1.74 bits per heavy atom. The van der Waals surface area contributed by atoms with E-state index < -0.39 is 11.5 Å². The van der Waals surface area contributed by atoms with Gasteiger partial charge in [0.25, 0.3) is 0 Å². The first-order chi connectivity index (χ1) is 14.9. The largest absolute Gasteiger partial charge is 0.497 e. The fraction of sp³-hybridized carbons (Fsp3) is 0.435. The van der Waals surface area contributed by atoms with Crippen LogP contribution in [-0.4, -0.2) is 65.8 Å². The van der Waals surface area contributed by atoms with Crippen LogP contribution in [0, 0.1) is 0 Å². The third-order valence-corrected chi connectivity index (χ3v) is 6.76. The summed E-state index contributed by atoms with van der Waals surface area (Å²) in [6.45, 7) is 0.192. The normalized spacial score (nSPS) is 17.6. The fourth-order valence-electron chi connectivity index (χ4n) is 3.86. The Morgan fingerprint density at radius 1 is 1.00 bits per heavy atom. The number of carbonyl (C=O) groups excluding carboxylic acids is 1. The first-order valence-corrected chi connectivity index (χ1v) is 10.8. The van der Waals surface area contributed by atoms with Gasteiger partial charge in [-0.2, -0.15) is 0 Å². The summed E-state index contributed by atoms with van der Waals surface area (Å²) in [6.07, 6.45) is 0.835. The van der Waals surface area contributed by atoms with Gasteiger partial charge in [0.1, 0.15) is 17.9 Å². The van der Waals surface area contributed by atoms with Crippen molar-refractivity contribution in [3.63, 3.8) is 0 Å². The lowest BCUT2D eigenvalue weighted by atomic mass is 9.86. The molecule has 168 valence electrons. The van der Waals surface area contributed by atoms with Crippen LogP contribution in [0.25, 0.3) is 0 Å². The van der Waals surface area contributed by atoms with E-state index in [0.717, 1.165) is 23.5 Å². The van der Waals surface area contributed by atoms with E-state index >= 15 is 0 Å². The smallest absolute Gasteiger partial charge is 0.342 e. The van der Waals surface area contributed by atoms with Crippen LogP contribution in [0.3, 0.4) is 0 Å². The molecule has 7 nitrogen and oxygen atoms in total. The minimum Gasteiger partial charge on any atom is -0.497 e. The highest BCUT2D eigenvalue weighted by atomic mass is 32.2. The number of carbonyl (C=O) groups is 1. The van der Waals surface area contributed by atoms with Crippen LogP contribution < -0.4 is 18.9 Å². The number of thioether (sulfide) groups is 1. The predicted octanol–water partition coefficient (Wildman–Crippen LogP) is 3.83. The maximum Gasteiger partial charge on any atom is 0.342 e. The van der Waals surface area contributed by atoms with Crippen molar-refractivity contribution in [3.8, 4) is 23.0 Å². The molecule has 0 aromatic heterocycles. The van der Waals surface area contributed by atoms with Crippen molar-refractivity contribution < 1.29 is 28.5 Å². The number of methoxy groups -OCH3 is 4. The molecule has 0 radical (unpaired) electrons. The van der Waals surface area contributed by atoms with Gasteiger partial charge in [0.15, 0.2) is 11.5 Å². The van der Waals surface area contributed by atoms with E-state index in [1.165, 1.54) is 26.2 Å². The van der Waals surface area contributed by atoms with E-state index in [-0.39, 0.29) is 17.9 Å². The van der Waals surface area contributed by atoms with E-state index in [9.17, 15) is 4.79 Å². The van der Waals surface area contributed by atoms with Crippen molar-refractivity contribution in [2.24, 2.45) is 0 Å². The fourth-order valence-corrected chi connectivity index (χ4v) is 5.09. The van der Waals surface area contributed by atoms with Gasteiger partial charge in [0, 0.05) is 10.6 Å². The van der Waals surface area contributed by atoms with Gasteiger partial charge in [0.2, 0.25) is 5.75 Å². The molecule has 1 heterocycles. The van der Waals surface area contributed by atoms with Gasteiger partial charge in [0.05, 0.1) is 34.0 Å². The van der Waals surface area contributed by atoms with Crippen molar-refractivity contribution in [3.05, 3.63) is 41.5 Å². The molecule has 0 bridgehead atoms. The van der Waals surface area contributed by atoms with Gasteiger partial charge in [-0.25, -0.2) is 4.79 Å². The zero-order valence-corrected chi connectivity index (χ0v) is 19.6. The molecular weight excluding hydrogens is 418 g/mol. The van der Waals surface area contributed by atoms with Crippen molar-refractivity contribution in [1.82, 2.24) is 4.90 Å². The molecule has 0 amide bonds. The number of esters is 1. The van der Waals surface area contributed by atoms with E-state index in [4.69, 9.17) is 23.7 Å². The number of nitrogens with zero attached hydrogens (tertiary/aromatic N) is 1. The molecule has 0 spiro atoms. The summed E-state index contributed by atoms with van der Waals surface area (Å²) < 4.78 is 27.5. The third kappa shape index (κ3) is 4.27. The third-order valence-electron chi connectivity index (χ3n) is 5.68. The monoisotopic (exact) mass is 447 g/mol. The van der Waals surface area contributed by atoms with Crippen LogP contribution in [0.15, 0.2) is 35.2 Å². The summed E-state index contributed by atoms with van der Waals surface area (Å²) in [6, 6.07) is 9.34. The highest BCUT2D eigenvalue weighted by molar-refractivity contribution is 7.99. The maximum atomic E-state index is 13.1. The minimum atomic E-state index is -0.485. The second-order valence-electron chi connectivity index (χ2n) is 7.34. The number of rotatable bonds is 8. The van der Waals surface area contributed by atoms with Gasteiger partial charge in [-0.05, 0) is 56.4 Å². The van der Waals surface area contributed by atoms with Crippen LogP contribution in [0.4, 0.5) is 0 Å². The Bertz CT molecular complexity index is 948. The summed E-state index contributed by atoms with van der Waals surface area (Å²) in [7, 11) is 10.2. The van der Waals surface area contributed by atoms with Gasteiger partial charge in [-0.1, -0.05) is 0 Å². The topological polar surface area (TPSA) is 66.5 Å². The Balaban J connectivity index is 1.94. The van der Waals surface area contributed by atoms with Gasteiger partial charge in [-0.15, -0.1) is 11.8 Å². The lowest BCUT2D eigenvalue weighted by Gasteiger charge is -2.43. The van der Waals surface area contributed by atoms with Gasteiger partial charge >= 0.3 is 5.97 Å². The van der Waals surface area contributed by atoms with Gasteiger partial charge < -0.3 is 23.7 Å². The zero-order chi connectivity index (χ0) is 22.6. The molecule has 1 aliphatic rings. The average Bonchev–Trinajstić information content (AvgIpc) is 2.80. The molecule has 0 saturated carbocycles. The van der Waals surface area contributed by atoms with Crippen molar-refractivity contribution in [1.29, 1.82) is 0 Å². The molecule has 2 aromatic rings. The molecule has 1 atom stereocenters. The molecule has 2 aromatic carbocycles. The SMILES string of the molecule is COc1ccc2c(c1)C(COC(=O)c1ccc(OC)c(OC)c1OC)(N(C)C)CCS2. The van der Waals surface area contributed by atoms with Crippen molar-refractivity contribution in [2.75, 3.05) is 54.9 Å². The molecule has 0 fully saturated rings. The summed E-state index contributed by atoms with van der Waals surface area (Å²) in [4.78, 5) is 16.4. The number of likely N-dealkylation sites (N-methyl/N-ethyl adjacent to an activating group) is 1. The molecule has 0 saturated heterocycles. The van der Waals surface area contributed by atoms with Crippen LogP contribution >= 0.6 is 11.8 Å². The van der Waals surface area contributed by atoms with E-state index in [1.807, 2.05) is 26.2 Å². The zero-order valence-electron chi connectivity index (χ0n) is 18.8. The van der Waals surface area contributed by atoms with Crippen LogP contribution in [0.2, 0.25) is 0 Å². The molecule has 0 aliphatic carbocycles. The number of hydrogen-bond donors (Lipinski definition) is 0. The Kier molecular flexibility index (Phi) is 7.23. The second-order valence-corrected chi connectivity index (χ2v) is 8.48. The molecular formula is C23H29NO6S. The molecule has 31 heavy (non-hydrogen) atoms. The Labute approximate surface area is 187 Å². The summed E-state index contributed by atoms with van der Waals surface area (Å²) >= 11 is 1.80. The highest BCUT2D eigenvalue weighted by Crippen LogP contribution is 2.45. The van der Waals surface area contributed by atoms with Crippen LogP contribution in [-0.2, 0) is 10.3 Å². The molecule has 0 N–H and O–H groups in total. The number of hydrogen-bond acceptors (Lipinski definition) is 8.